The molecule has 0 saturated heterocycles. The molecule has 4 rings (SSSR count). The minimum atomic E-state index is -0.956. The summed E-state index contributed by atoms with van der Waals surface area (Å²) in [5, 5.41) is 3.98. The average Bonchev–Trinajstić information content (AvgIpc) is 2.86. The van der Waals surface area contributed by atoms with Crippen LogP contribution in [0.5, 0.6) is 0 Å². The van der Waals surface area contributed by atoms with E-state index in [-0.39, 0.29) is 11.9 Å². The van der Waals surface area contributed by atoms with Gasteiger partial charge in [-0.3, -0.25) is 9.78 Å². The molecule has 1 N–H and O–H groups in total. The fourth-order valence-corrected chi connectivity index (χ4v) is 3.60. The Morgan fingerprint density at radius 3 is 2.15 bits per heavy atom. The van der Waals surface area contributed by atoms with Gasteiger partial charge in [-0.15, -0.1) is 0 Å². The third-order valence-corrected chi connectivity index (χ3v) is 5.28. The molecule has 0 saturated carbocycles. The molecule has 1 heterocycles. The highest BCUT2D eigenvalue weighted by Gasteiger charge is 2.22. The van der Waals surface area contributed by atoms with E-state index in [9.17, 15) is 9.59 Å². The van der Waals surface area contributed by atoms with E-state index in [1.54, 1.807) is 19.2 Å². The second-order valence-corrected chi connectivity index (χ2v) is 7.60. The van der Waals surface area contributed by atoms with Crippen molar-refractivity contribution in [3.8, 4) is 0 Å². The van der Waals surface area contributed by atoms with Crippen LogP contribution in [0.2, 0.25) is 0 Å². The molecule has 0 radical (unpaired) electrons. The zero-order chi connectivity index (χ0) is 23.0. The topological polar surface area (TPSA) is 68.3 Å². The summed E-state index contributed by atoms with van der Waals surface area (Å²) in [4.78, 5) is 29.6. The zero-order valence-electron chi connectivity index (χ0n) is 18.2. The maximum absolute atomic E-state index is 12.9. The number of benzene rings is 3. The molecular formula is C28H24N2O3. The van der Waals surface area contributed by atoms with E-state index in [1.165, 1.54) is 6.08 Å². The van der Waals surface area contributed by atoms with Gasteiger partial charge in [-0.25, -0.2) is 4.79 Å². The normalized spacial score (nSPS) is 12.1. The van der Waals surface area contributed by atoms with Gasteiger partial charge in [-0.05, 0) is 30.2 Å². The Morgan fingerprint density at radius 1 is 0.848 bits per heavy atom. The lowest BCUT2D eigenvalue weighted by Crippen LogP contribution is -2.38. The van der Waals surface area contributed by atoms with Crippen LogP contribution in [0.4, 0.5) is 0 Å². The number of hydrogen-bond donors (Lipinski definition) is 1. The van der Waals surface area contributed by atoms with Gasteiger partial charge in [0.05, 0.1) is 11.6 Å². The number of amides is 1. The van der Waals surface area contributed by atoms with Crippen molar-refractivity contribution in [1.82, 2.24) is 10.3 Å². The molecular weight excluding hydrogens is 412 g/mol. The molecule has 1 unspecified atom stereocenters. The highest BCUT2D eigenvalue weighted by molar-refractivity contribution is 5.94. The van der Waals surface area contributed by atoms with E-state index in [4.69, 9.17) is 4.74 Å². The molecule has 0 fully saturated rings. The van der Waals surface area contributed by atoms with Crippen LogP contribution in [0.15, 0.2) is 103 Å². The molecule has 4 aromatic rings. The molecule has 5 heteroatoms. The van der Waals surface area contributed by atoms with Crippen LogP contribution in [-0.2, 0) is 14.3 Å². The Balaban J connectivity index is 1.44. The summed E-state index contributed by atoms with van der Waals surface area (Å²) in [5.41, 5.74) is 3.48. The van der Waals surface area contributed by atoms with Gasteiger partial charge in [-0.2, -0.15) is 0 Å². The SMILES string of the molecule is CC(OC(=O)/C=C/c1cccc2cccnc12)C(=O)NC(c1ccccc1)c1ccccc1. The molecule has 1 aromatic heterocycles. The maximum atomic E-state index is 12.9. The van der Waals surface area contributed by atoms with Gasteiger partial charge in [0.2, 0.25) is 0 Å². The summed E-state index contributed by atoms with van der Waals surface area (Å²) in [7, 11) is 0. The van der Waals surface area contributed by atoms with Crippen molar-refractivity contribution in [3.63, 3.8) is 0 Å². The predicted molar refractivity (Wildman–Crippen MR) is 129 cm³/mol. The minimum Gasteiger partial charge on any atom is -0.449 e. The molecule has 0 aliphatic carbocycles. The van der Waals surface area contributed by atoms with Crippen molar-refractivity contribution in [2.24, 2.45) is 0 Å². The Hall–Kier alpha value is -4.25. The predicted octanol–water partition coefficient (Wildman–Crippen LogP) is 5.09. The van der Waals surface area contributed by atoms with Gasteiger partial charge in [0, 0.05) is 23.2 Å². The van der Waals surface area contributed by atoms with Crippen LogP contribution in [-0.4, -0.2) is 23.0 Å². The van der Waals surface area contributed by atoms with Crippen molar-refractivity contribution in [3.05, 3.63) is 120 Å². The summed E-state index contributed by atoms with van der Waals surface area (Å²) >= 11 is 0. The quantitative estimate of drug-likeness (QED) is 0.324. The summed E-state index contributed by atoms with van der Waals surface area (Å²) in [6, 6.07) is 28.6. The first-order chi connectivity index (χ1) is 16.1. The monoisotopic (exact) mass is 436 g/mol. The Bertz CT molecular complexity index is 1230. The highest BCUT2D eigenvalue weighted by Crippen LogP contribution is 2.22. The van der Waals surface area contributed by atoms with E-state index in [1.807, 2.05) is 91.0 Å². The molecule has 164 valence electrons. The summed E-state index contributed by atoms with van der Waals surface area (Å²) in [6.45, 7) is 1.56. The molecule has 5 nitrogen and oxygen atoms in total. The number of pyridine rings is 1. The van der Waals surface area contributed by atoms with E-state index in [0.29, 0.717) is 0 Å². The van der Waals surface area contributed by atoms with Gasteiger partial charge < -0.3 is 10.1 Å². The number of nitrogens with one attached hydrogen (secondary N) is 1. The number of carbonyl (C=O) groups is 2. The van der Waals surface area contributed by atoms with Crippen molar-refractivity contribution < 1.29 is 14.3 Å². The second-order valence-electron chi connectivity index (χ2n) is 7.60. The second kappa shape index (κ2) is 10.4. The van der Waals surface area contributed by atoms with Crippen LogP contribution in [0.25, 0.3) is 17.0 Å². The van der Waals surface area contributed by atoms with Crippen LogP contribution in [0, 0.1) is 0 Å². The fraction of sp³-hybridized carbons (Fsp3) is 0.107. The van der Waals surface area contributed by atoms with Gasteiger partial charge in [0.1, 0.15) is 0 Å². The van der Waals surface area contributed by atoms with E-state index in [2.05, 4.69) is 10.3 Å². The number of rotatable bonds is 7. The number of esters is 1. The number of fused-ring (bicyclic) bond motifs is 1. The molecule has 0 bridgehead atoms. The Labute approximate surface area is 192 Å². The zero-order valence-corrected chi connectivity index (χ0v) is 18.2. The third-order valence-electron chi connectivity index (χ3n) is 5.28. The smallest absolute Gasteiger partial charge is 0.331 e. The van der Waals surface area contributed by atoms with Crippen molar-refractivity contribution in [2.45, 2.75) is 19.1 Å². The van der Waals surface area contributed by atoms with E-state index >= 15 is 0 Å². The average molecular weight is 437 g/mol. The standard InChI is InChI=1S/C28H24N2O3/c1-20(33-25(31)18-17-24-15-8-14-21-16-9-19-29-26(21)24)28(32)30-27(22-10-4-2-5-11-22)23-12-6-3-7-13-23/h2-20,27H,1H3,(H,30,32)/b18-17+. The first kappa shape index (κ1) is 22.0. The van der Waals surface area contributed by atoms with Crippen LogP contribution < -0.4 is 5.32 Å². The van der Waals surface area contributed by atoms with Crippen LogP contribution in [0.1, 0.15) is 29.7 Å². The van der Waals surface area contributed by atoms with E-state index in [0.717, 1.165) is 27.6 Å². The molecule has 1 atom stereocenters. The van der Waals surface area contributed by atoms with Crippen LogP contribution in [0.3, 0.4) is 0 Å². The van der Waals surface area contributed by atoms with Gasteiger partial charge in [-0.1, -0.05) is 84.9 Å². The largest absolute Gasteiger partial charge is 0.449 e. The maximum Gasteiger partial charge on any atom is 0.331 e. The lowest BCUT2D eigenvalue weighted by molar-refractivity contribution is -0.150. The summed E-state index contributed by atoms with van der Waals surface area (Å²) in [6.07, 6.45) is 3.72. The summed E-state index contributed by atoms with van der Waals surface area (Å²) < 4.78 is 5.36. The van der Waals surface area contributed by atoms with Crippen molar-refractivity contribution in [1.29, 1.82) is 0 Å². The minimum absolute atomic E-state index is 0.349. The van der Waals surface area contributed by atoms with Gasteiger partial charge in [0.15, 0.2) is 6.10 Å². The number of carbonyl (C=O) groups excluding carboxylic acids is 2. The number of aromatic nitrogens is 1. The molecule has 0 aliphatic rings. The number of ether oxygens (including phenoxy) is 1. The molecule has 0 aliphatic heterocycles. The van der Waals surface area contributed by atoms with Crippen molar-refractivity contribution >= 4 is 28.9 Å². The Morgan fingerprint density at radius 2 is 1.48 bits per heavy atom. The van der Waals surface area contributed by atoms with E-state index < -0.39 is 12.1 Å². The van der Waals surface area contributed by atoms with Crippen molar-refractivity contribution in [2.75, 3.05) is 0 Å². The summed E-state index contributed by atoms with van der Waals surface area (Å²) in [5.74, 6) is -0.970. The first-order valence-corrected chi connectivity index (χ1v) is 10.7. The Kier molecular flexibility index (Phi) is 6.90. The fourth-order valence-electron chi connectivity index (χ4n) is 3.60. The lowest BCUT2D eigenvalue weighted by Gasteiger charge is -2.22. The molecule has 1 amide bonds. The highest BCUT2D eigenvalue weighted by atomic mass is 16.5. The number of nitrogens with zero attached hydrogens (tertiary/aromatic N) is 1. The lowest BCUT2D eigenvalue weighted by atomic mass is 9.98. The third kappa shape index (κ3) is 5.52. The van der Waals surface area contributed by atoms with Crippen LogP contribution >= 0.6 is 0 Å². The first-order valence-electron chi connectivity index (χ1n) is 10.7. The molecule has 0 spiro atoms. The molecule has 33 heavy (non-hydrogen) atoms. The van der Waals surface area contributed by atoms with Gasteiger partial charge >= 0.3 is 5.97 Å². The van der Waals surface area contributed by atoms with Gasteiger partial charge in [0.25, 0.3) is 5.91 Å². The number of para-hydroxylation sites is 1. The number of hydrogen-bond acceptors (Lipinski definition) is 4. The molecule has 3 aromatic carbocycles.